The molecular weight excluding hydrogens is 360 g/mol. The number of rotatable bonds is 6. The number of carbonyl (C=O) groups excluding carboxylic acids is 1. The van der Waals surface area contributed by atoms with Crippen molar-refractivity contribution in [1.29, 1.82) is 0 Å². The topological polar surface area (TPSA) is 75.4 Å². The molecule has 0 saturated carbocycles. The summed E-state index contributed by atoms with van der Waals surface area (Å²) in [6, 6.07) is 10.9. The largest absolute Gasteiger partial charge is 0.388 e. The predicted molar refractivity (Wildman–Crippen MR) is 97.9 cm³/mol. The standard InChI is InChI=1S/C18H17ClN2O3S/c1-11-16(17(21-24-11)12-5-2-3-6-13(12)19)18(23)20-9-8-14(22)15-7-4-10-25-15/h2-7,10,14,22H,8-9H2,1H3,(H,20,23)/t14-/m0/s1. The molecule has 1 atom stereocenters. The highest BCUT2D eigenvalue weighted by Gasteiger charge is 2.23. The van der Waals surface area contributed by atoms with Gasteiger partial charge in [-0.15, -0.1) is 11.3 Å². The number of hydrogen-bond donors (Lipinski definition) is 2. The van der Waals surface area contributed by atoms with E-state index in [1.54, 1.807) is 19.1 Å². The number of carbonyl (C=O) groups is 1. The van der Waals surface area contributed by atoms with Crippen LogP contribution in [0.15, 0.2) is 46.3 Å². The molecule has 0 aliphatic carbocycles. The summed E-state index contributed by atoms with van der Waals surface area (Å²) < 4.78 is 5.20. The van der Waals surface area contributed by atoms with Crippen LogP contribution in [0.5, 0.6) is 0 Å². The second kappa shape index (κ2) is 7.82. The van der Waals surface area contributed by atoms with Crippen molar-refractivity contribution in [2.24, 2.45) is 0 Å². The lowest BCUT2D eigenvalue weighted by Crippen LogP contribution is -2.26. The van der Waals surface area contributed by atoms with Crippen LogP contribution in [0.3, 0.4) is 0 Å². The normalized spacial score (nSPS) is 12.1. The third-order valence-corrected chi connectivity index (χ3v) is 5.10. The number of aliphatic hydroxyl groups is 1. The van der Waals surface area contributed by atoms with Gasteiger partial charge in [-0.25, -0.2) is 0 Å². The molecule has 0 aliphatic heterocycles. The van der Waals surface area contributed by atoms with Gasteiger partial charge in [0.05, 0.1) is 11.1 Å². The number of nitrogens with zero attached hydrogens (tertiary/aromatic N) is 1. The number of thiophene rings is 1. The molecule has 0 saturated heterocycles. The van der Waals surface area contributed by atoms with Gasteiger partial charge in [-0.1, -0.05) is 41.0 Å². The molecule has 5 nitrogen and oxygen atoms in total. The summed E-state index contributed by atoms with van der Waals surface area (Å²) in [5.74, 6) is 0.123. The molecule has 7 heteroatoms. The quantitative estimate of drug-likeness (QED) is 0.675. The van der Waals surface area contributed by atoms with Crippen molar-refractivity contribution in [3.63, 3.8) is 0 Å². The maximum Gasteiger partial charge on any atom is 0.257 e. The molecule has 1 amide bonds. The van der Waals surface area contributed by atoms with Crippen molar-refractivity contribution in [3.8, 4) is 11.3 Å². The lowest BCUT2D eigenvalue weighted by molar-refractivity contribution is 0.0942. The zero-order chi connectivity index (χ0) is 17.8. The van der Waals surface area contributed by atoms with Crippen LogP contribution in [-0.4, -0.2) is 22.7 Å². The minimum atomic E-state index is -0.591. The van der Waals surface area contributed by atoms with Crippen molar-refractivity contribution in [1.82, 2.24) is 10.5 Å². The van der Waals surface area contributed by atoms with Crippen molar-refractivity contribution in [2.75, 3.05) is 6.54 Å². The Kier molecular flexibility index (Phi) is 5.53. The van der Waals surface area contributed by atoms with E-state index < -0.39 is 6.10 Å². The molecule has 25 heavy (non-hydrogen) atoms. The lowest BCUT2D eigenvalue weighted by Gasteiger charge is -2.10. The van der Waals surface area contributed by atoms with Crippen LogP contribution in [0.25, 0.3) is 11.3 Å². The first kappa shape index (κ1) is 17.7. The van der Waals surface area contributed by atoms with Gasteiger partial charge in [-0.05, 0) is 30.9 Å². The van der Waals surface area contributed by atoms with E-state index >= 15 is 0 Å². The highest BCUT2D eigenvalue weighted by Crippen LogP contribution is 2.31. The average Bonchev–Trinajstić information content (AvgIpc) is 3.25. The second-order valence-corrected chi connectivity index (χ2v) is 6.90. The van der Waals surface area contributed by atoms with Gasteiger partial charge in [0.15, 0.2) is 0 Å². The third kappa shape index (κ3) is 3.92. The van der Waals surface area contributed by atoms with E-state index in [2.05, 4.69) is 10.5 Å². The average molecular weight is 377 g/mol. The van der Waals surface area contributed by atoms with Gasteiger partial charge >= 0.3 is 0 Å². The van der Waals surface area contributed by atoms with Gasteiger partial charge in [-0.2, -0.15) is 0 Å². The minimum Gasteiger partial charge on any atom is -0.388 e. The van der Waals surface area contributed by atoms with Crippen LogP contribution < -0.4 is 5.32 Å². The first-order valence-electron chi connectivity index (χ1n) is 7.78. The Morgan fingerprint density at radius 2 is 2.16 bits per heavy atom. The van der Waals surface area contributed by atoms with Crippen molar-refractivity contribution < 1.29 is 14.4 Å². The minimum absolute atomic E-state index is 0.299. The number of nitrogens with one attached hydrogen (secondary N) is 1. The smallest absolute Gasteiger partial charge is 0.257 e. The molecule has 2 aromatic heterocycles. The van der Waals surface area contributed by atoms with E-state index in [0.717, 1.165) is 4.88 Å². The van der Waals surface area contributed by atoms with Crippen LogP contribution in [0, 0.1) is 6.92 Å². The molecule has 3 aromatic rings. The molecular formula is C18H17ClN2O3S. The molecule has 0 fully saturated rings. The maximum absolute atomic E-state index is 12.6. The van der Waals surface area contributed by atoms with Gasteiger partial charge in [-0.3, -0.25) is 4.79 Å². The number of amides is 1. The van der Waals surface area contributed by atoms with Crippen LogP contribution in [0.4, 0.5) is 0 Å². The Morgan fingerprint density at radius 3 is 2.88 bits per heavy atom. The zero-order valence-electron chi connectivity index (χ0n) is 13.5. The first-order chi connectivity index (χ1) is 12.1. The van der Waals surface area contributed by atoms with E-state index in [4.69, 9.17) is 16.1 Å². The number of aliphatic hydroxyl groups excluding tert-OH is 1. The summed E-state index contributed by atoms with van der Waals surface area (Å²) >= 11 is 7.69. The molecule has 2 N–H and O–H groups in total. The van der Waals surface area contributed by atoms with Crippen molar-refractivity contribution in [2.45, 2.75) is 19.4 Å². The van der Waals surface area contributed by atoms with E-state index in [0.29, 0.717) is 40.6 Å². The Hall–Kier alpha value is -2.15. The van der Waals surface area contributed by atoms with Gasteiger partial charge < -0.3 is 14.9 Å². The lowest BCUT2D eigenvalue weighted by atomic mass is 10.1. The molecule has 0 aliphatic rings. The zero-order valence-corrected chi connectivity index (χ0v) is 15.1. The molecule has 3 rings (SSSR count). The fraction of sp³-hybridized carbons (Fsp3) is 0.222. The molecule has 0 bridgehead atoms. The van der Waals surface area contributed by atoms with E-state index in [9.17, 15) is 9.90 Å². The van der Waals surface area contributed by atoms with Gasteiger partial charge in [0, 0.05) is 17.0 Å². The fourth-order valence-corrected chi connectivity index (χ4v) is 3.48. The van der Waals surface area contributed by atoms with E-state index in [-0.39, 0.29) is 5.91 Å². The molecule has 1 aromatic carbocycles. The Balaban J connectivity index is 1.71. The molecule has 0 spiro atoms. The third-order valence-electron chi connectivity index (χ3n) is 3.79. The number of aryl methyl sites for hydroxylation is 1. The Bertz CT molecular complexity index is 861. The number of halogens is 1. The van der Waals surface area contributed by atoms with Crippen LogP contribution in [-0.2, 0) is 0 Å². The number of aromatic nitrogens is 1. The van der Waals surface area contributed by atoms with E-state index in [1.807, 2.05) is 29.6 Å². The molecule has 0 unspecified atom stereocenters. The predicted octanol–water partition coefficient (Wildman–Crippen LogP) is 4.22. The van der Waals surface area contributed by atoms with Crippen LogP contribution >= 0.6 is 22.9 Å². The fourth-order valence-electron chi connectivity index (χ4n) is 2.51. The Morgan fingerprint density at radius 1 is 1.36 bits per heavy atom. The van der Waals surface area contributed by atoms with Gasteiger partial charge in [0.25, 0.3) is 5.91 Å². The van der Waals surface area contributed by atoms with Crippen LogP contribution in [0.1, 0.15) is 33.5 Å². The van der Waals surface area contributed by atoms with Crippen LogP contribution in [0.2, 0.25) is 5.02 Å². The highest BCUT2D eigenvalue weighted by atomic mass is 35.5. The van der Waals surface area contributed by atoms with Gasteiger partial charge in [0.2, 0.25) is 0 Å². The first-order valence-corrected chi connectivity index (χ1v) is 9.04. The molecule has 130 valence electrons. The van der Waals surface area contributed by atoms with Crippen molar-refractivity contribution in [3.05, 3.63) is 63.0 Å². The molecule has 0 radical (unpaired) electrons. The van der Waals surface area contributed by atoms with Crippen molar-refractivity contribution >= 4 is 28.8 Å². The second-order valence-electron chi connectivity index (χ2n) is 5.52. The monoisotopic (exact) mass is 376 g/mol. The Labute approximate surface area is 154 Å². The number of benzene rings is 1. The number of hydrogen-bond acceptors (Lipinski definition) is 5. The SMILES string of the molecule is Cc1onc(-c2ccccc2Cl)c1C(=O)NCC[C@H](O)c1cccs1. The summed E-state index contributed by atoms with van der Waals surface area (Å²) in [5, 5.41) is 19.3. The van der Waals surface area contributed by atoms with E-state index in [1.165, 1.54) is 11.3 Å². The molecule has 2 heterocycles. The summed E-state index contributed by atoms with van der Waals surface area (Å²) in [6.07, 6.45) is -0.162. The summed E-state index contributed by atoms with van der Waals surface area (Å²) in [5.41, 5.74) is 1.42. The highest BCUT2D eigenvalue weighted by molar-refractivity contribution is 7.10. The van der Waals surface area contributed by atoms with Gasteiger partial charge in [0.1, 0.15) is 17.0 Å². The summed E-state index contributed by atoms with van der Waals surface area (Å²) in [4.78, 5) is 13.4. The summed E-state index contributed by atoms with van der Waals surface area (Å²) in [6.45, 7) is 2.02. The summed E-state index contributed by atoms with van der Waals surface area (Å²) in [7, 11) is 0. The maximum atomic E-state index is 12.6.